The SMILES string of the molecule is CC(CCC(=O)O)NC(=O)Cc1csc(-c2cccc(Br)c2)n1. The van der Waals surface area contributed by atoms with Crippen molar-refractivity contribution >= 4 is 39.1 Å². The van der Waals surface area contributed by atoms with Crippen LogP contribution in [0.5, 0.6) is 0 Å². The van der Waals surface area contributed by atoms with Crippen LogP contribution in [0.4, 0.5) is 0 Å². The molecule has 1 aromatic heterocycles. The van der Waals surface area contributed by atoms with Gasteiger partial charge in [0.2, 0.25) is 5.91 Å². The molecule has 1 amide bonds. The van der Waals surface area contributed by atoms with E-state index in [-0.39, 0.29) is 24.8 Å². The number of aromatic nitrogens is 1. The molecule has 23 heavy (non-hydrogen) atoms. The Morgan fingerprint density at radius 2 is 2.22 bits per heavy atom. The van der Waals surface area contributed by atoms with Gasteiger partial charge in [-0.25, -0.2) is 4.98 Å². The monoisotopic (exact) mass is 396 g/mol. The summed E-state index contributed by atoms with van der Waals surface area (Å²) >= 11 is 4.93. The van der Waals surface area contributed by atoms with Gasteiger partial charge in [0.1, 0.15) is 5.01 Å². The summed E-state index contributed by atoms with van der Waals surface area (Å²) < 4.78 is 0.983. The van der Waals surface area contributed by atoms with Crippen LogP contribution in [0.25, 0.3) is 10.6 Å². The van der Waals surface area contributed by atoms with E-state index in [1.807, 2.05) is 29.6 Å². The number of aliphatic carboxylic acids is 1. The highest BCUT2D eigenvalue weighted by molar-refractivity contribution is 9.10. The lowest BCUT2D eigenvalue weighted by molar-refractivity contribution is -0.137. The predicted octanol–water partition coefficient (Wildman–Crippen LogP) is 3.48. The van der Waals surface area contributed by atoms with E-state index in [1.54, 1.807) is 6.92 Å². The minimum Gasteiger partial charge on any atom is -0.481 e. The Labute approximate surface area is 146 Å². The largest absolute Gasteiger partial charge is 0.481 e. The number of carboxylic acid groups (broad SMARTS) is 1. The van der Waals surface area contributed by atoms with Crippen LogP contribution in [0.1, 0.15) is 25.5 Å². The first-order valence-electron chi connectivity index (χ1n) is 7.15. The summed E-state index contributed by atoms with van der Waals surface area (Å²) in [6.45, 7) is 1.80. The number of nitrogens with one attached hydrogen (secondary N) is 1. The second-order valence-electron chi connectivity index (χ2n) is 5.23. The Hall–Kier alpha value is -1.73. The van der Waals surface area contributed by atoms with E-state index in [2.05, 4.69) is 26.2 Å². The topological polar surface area (TPSA) is 79.3 Å². The summed E-state index contributed by atoms with van der Waals surface area (Å²) in [6, 6.07) is 7.68. The first kappa shape index (κ1) is 17.6. The van der Waals surface area contributed by atoms with Crippen molar-refractivity contribution in [2.75, 3.05) is 0 Å². The maximum atomic E-state index is 12.0. The number of benzene rings is 1. The lowest BCUT2D eigenvalue weighted by Crippen LogP contribution is -2.34. The summed E-state index contributed by atoms with van der Waals surface area (Å²) in [6.07, 6.45) is 0.661. The van der Waals surface area contributed by atoms with Crippen molar-refractivity contribution in [3.05, 3.63) is 39.8 Å². The van der Waals surface area contributed by atoms with Crippen LogP contribution in [0.15, 0.2) is 34.1 Å². The van der Waals surface area contributed by atoms with E-state index >= 15 is 0 Å². The molecule has 1 atom stereocenters. The van der Waals surface area contributed by atoms with E-state index in [1.165, 1.54) is 11.3 Å². The van der Waals surface area contributed by atoms with Crippen molar-refractivity contribution in [2.45, 2.75) is 32.2 Å². The summed E-state index contributed by atoms with van der Waals surface area (Å²) in [5.41, 5.74) is 1.72. The van der Waals surface area contributed by atoms with Crippen molar-refractivity contribution in [3.63, 3.8) is 0 Å². The van der Waals surface area contributed by atoms with Crippen molar-refractivity contribution in [1.29, 1.82) is 0 Å². The molecular weight excluding hydrogens is 380 g/mol. The number of rotatable bonds is 7. The van der Waals surface area contributed by atoms with Gasteiger partial charge in [-0.2, -0.15) is 0 Å². The Morgan fingerprint density at radius 1 is 1.43 bits per heavy atom. The van der Waals surface area contributed by atoms with Crippen molar-refractivity contribution in [3.8, 4) is 10.6 Å². The first-order chi connectivity index (χ1) is 10.9. The second kappa shape index (κ2) is 8.21. The zero-order valence-corrected chi connectivity index (χ0v) is 15.0. The normalized spacial score (nSPS) is 11.9. The Bertz CT molecular complexity index is 702. The maximum Gasteiger partial charge on any atom is 0.303 e. The van der Waals surface area contributed by atoms with Gasteiger partial charge in [0.15, 0.2) is 0 Å². The van der Waals surface area contributed by atoms with Gasteiger partial charge in [-0.3, -0.25) is 9.59 Å². The molecule has 0 aliphatic carbocycles. The van der Waals surface area contributed by atoms with E-state index in [0.29, 0.717) is 12.1 Å². The second-order valence-corrected chi connectivity index (χ2v) is 7.01. The van der Waals surface area contributed by atoms with Gasteiger partial charge in [0.05, 0.1) is 12.1 Å². The Kier molecular flexibility index (Phi) is 6.29. The molecule has 122 valence electrons. The van der Waals surface area contributed by atoms with Gasteiger partial charge < -0.3 is 10.4 Å². The summed E-state index contributed by atoms with van der Waals surface area (Å²) in [7, 11) is 0. The predicted molar refractivity (Wildman–Crippen MR) is 93.4 cm³/mol. The number of halogens is 1. The van der Waals surface area contributed by atoms with Gasteiger partial charge in [0, 0.05) is 27.9 Å². The molecule has 0 radical (unpaired) electrons. The summed E-state index contributed by atoms with van der Waals surface area (Å²) in [4.78, 5) is 27.0. The molecule has 0 spiro atoms. The number of carbonyl (C=O) groups is 2. The zero-order valence-electron chi connectivity index (χ0n) is 12.6. The molecule has 0 saturated heterocycles. The molecule has 2 aromatic rings. The number of thiazole rings is 1. The average molecular weight is 397 g/mol. The molecular formula is C16H17BrN2O3S. The van der Waals surface area contributed by atoms with Crippen molar-refractivity contribution in [2.24, 2.45) is 0 Å². The Morgan fingerprint density at radius 3 is 2.91 bits per heavy atom. The van der Waals surface area contributed by atoms with Gasteiger partial charge in [-0.1, -0.05) is 28.1 Å². The number of carboxylic acids is 1. The van der Waals surface area contributed by atoms with Crippen LogP contribution < -0.4 is 5.32 Å². The van der Waals surface area contributed by atoms with Gasteiger partial charge in [-0.15, -0.1) is 11.3 Å². The van der Waals surface area contributed by atoms with Crippen LogP contribution in [0, 0.1) is 0 Å². The van der Waals surface area contributed by atoms with Crippen LogP contribution in [-0.4, -0.2) is 28.0 Å². The number of hydrogen-bond acceptors (Lipinski definition) is 4. The summed E-state index contributed by atoms with van der Waals surface area (Å²) in [5.74, 6) is -1.00. The highest BCUT2D eigenvalue weighted by atomic mass is 79.9. The highest BCUT2D eigenvalue weighted by Crippen LogP contribution is 2.26. The third-order valence-electron chi connectivity index (χ3n) is 3.16. The molecule has 2 N–H and O–H groups in total. The molecule has 0 fully saturated rings. The zero-order chi connectivity index (χ0) is 16.8. The lowest BCUT2D eigenvalue weighted by atomic mass is 10.2. The standard InChI is InChI=1S/C16H17BrN2O3S/c1-10(5-6-15(21)22)18-14(20)8-13-9-23-16(19-13)11-3-2-4-12(17)7-11/h2-4,7,9-10H,5-6,8H2,1H3,(H,18,20)(H,21,22). The number of amides is 1. The van der Waals surface area contributed by atoms with Gasteiger partial charge >= 0.3 is 5.97 Å². The molecule has 1 aromatic carbocycles. The van der Waals surface area contributed by atoms with Gasteiger partial charge in [-0.05, 0) is 25.5 Å². The summed E-state index contributed by atoms with van der Waals surface area (Å²) in [5, 5.41) is 14.2. The molecule has 0 saturated carbocycles. The lowest BCUT2D eigenvalue weighted by Gasteiger charge is -2.11. The quantitative estimate of drug-likeness (QED) is 0.750. The van der Waals surface area contributed by atoms with Gasteiger partial charge in [0.25, 0.3) is 0 Å². The minimum atomic E-state index is -0.857. The van der Waals surface area contributed by atoms with Crippen LogP contribution in [0.2, 0.25) is 0 Å². The molecule has 0 aliphatic heterocycles. The van der Waals surface area contributed by atoms with Crippen molar-refractivity contribution < 1.29 is 14.7 Å². The van der Waals surface area contributed by atoms with Crippen molar-refractivity contribution in [1.82, 2.24) is 10.3 Å². The smallest absolute Gasteiger partial charge is 0.303 e. The number of nitrogens with zero attached hydrogens (tertiary/aromatic N) is 1. The molecule has 1 heterocycles. The molecule has 0 bridgehead atoms. The van der Waals surface area contributed by atoms with Crippen LogP contribution >= 0.6 is 27.3 Å². The molecule has 7 heteroatoms. The molecule has 1 unspecified atom stereocenters. The third kappa shape index (κ3) is 5.76. The Balaban J connectivity index is 1.91. The highest BCUT2D eigenvalue weighted by Gasteiger charge is 2.12. The van der Waals surface area contributed by atoms with E-state index < -0.39 is 5.97 Å². The first-order valence-corrected chi connectivity index (χ1v) is 8.83. The van der Waals surface area contributed by atoms with E-state index in [9.17, 15) is 9.59 Å². The minimum absolute atomic E-state index is 0.0468. The number of carbonyl (C=O) groups excluding carboxylic acids is 1. The number of hydrogen-bond donors (Lipinski definition) is 2. The fourth-order valence-corrected chi connectivity index (χ4v) is 3.26. The van der Waals surface area contributed by atoms with Crippen LogP contribution in [0.3, 0.4) is 0 Å². The van der Waals surface area contributed by atoms with Crippen LogP contribution in [-0.2, 0) is 16.0 Å². The third-order valence-corrected chi connectivity index (χ3v) is 4.60. The average Bonchev–Trinajstić information content (AvgIpc) is 2.93. The van der Waals surface area contributed by atoms with E-state index in [4.69, 9.17) is 5.11 Å². The molecule has 0 aliphatic rings. The fraction of sp³-hybridized carbons (Fsp3) is 0.312. The maximum absolute atomic E-state index is 12.0. The molecule has 5 nitrogen and oxygen atoms in total. The molecule has 2 rings (SSSR count). The fourth-order valence-electron chi connectivity index (χ4n) is 2.04. The van der Waals surface area contributed by atoms with E-state index in [0.717, 1.165) is 15.0 Å².